The topological polar surface area (TPSA) is 43.1 Å². The Balaban J connectivity index is 0.00000108. The fourth-order valence-electron chi connectivity index (χ4n) is 2.22. The van der Waals surface area contributed by atoms with E-state index in [1.165, 1.54) is 18.4 Å². The summed E-state index contributed by atoms with van der Waals surface area (Å²) in [6, 6.07) is 11.2. The van der Waals surface area contributed by atoms with Crippen molar-refractivity contribution in [3.8, 4) is 0 Å². The lowest BCUT2D eigenvalue weighted by molar-refractivity contribution is -0.383. The van der Waals surface area contributed by atoms with Gasteiger partial charge in [0.15, 0.2) is 0 Å². The van der Waals surface area contributed by atoms with Crippen molar-refractivity contribution in [2.45, 2.75) is 18.8 Å². The smallest absolute Gasteiger partial charge is 0.258 e. The summed E-state index contributed by atoms with van der Waals surface area (Å²) in [4.78, 5) is 10.6. The van der Waals surface area contributed by atoms with E-state index in [0.717, 1.165) is 10.8 Å². The number of nitrogens with zero attached hydrogens (tertiary/aromatic N) is 1. The molecule has 3 rings (SSSR count). The summed E-state index contributed by atoms with van der Waals surface area (Å²) in [7, 11) is 0. The van der Waals surface area contributed by atoms with Crippen LogP contribution in [0.4, 0.5) is 5.69 Å². The van der Waals surface area contributed by atoms with Crippen LogP contribution in [0.2, 0.25) is 0 Å². The molecule has 0 amide bonds. The van der Waals surface area contributed by atoms with Crippen molar-refractivity contribution >= 4 is 16.5 Å². The van der Waals surface area contributed by atoms with Gasteiger partial charge in [-0.1, -0.05) is 24.3 Å². The van der Waals surface area contributed by atoms with Crippen LogP contribution in [0.25, 0.3) is 10.8 Å². The van der Waals surface area contributed by atoms with Crippen molar-refractivity contribution in [2.75, 3.05) is 0 Å². The lowest BCUT2D eigenvalue weighted by Gasteiger charge is -2.05. The standard InChI is InChI=1S/C13H11NO2/c15-14(16)13-8-7-10(9-5-6-9)11-3-1-2-4-12(11)13/h1-4,7-9H,5-6H2/p+1. The predicted molar refractivity (Wildman–Crippen MR) is 63.7 cm³/mol. The molecule has 0 saturated heterocycles. The Hall–Kier alpha value is -1.90. The number of rotatable bonds is 2. The van der Waals surface area contributed by atoms with Gasteiger partial charge in [0.25, 0.3) is 5.69 Å². The van der Waals surface area contributed by atoms with Gasteiger partial charge in [-0.3, -0.25) is 10.1 Å². The van der Waals surface area contributed by atoms with Crippen LogP contribution in [0.5, 0.6) is 0 Å². The van der Waals surface area contributed by atoms with Crippen LogP contribution in [-0.2, 0) is 0 Å². The van der Waals surface area contributed by atoms with Crippen LogP contribution in [-0.4, -0.2) is 4.92 Å². The summed E-state index contributed by atoms with van der Waals surface area (Å²) in [6.45, 7) is 0. The highest BCUT2D eigenvalue weighted by Gasteiger charge is 2.26. The molecule has 3 nitrogen and oxygen atoms in total. The first-order valence-electron chi connectivity index (χ1n) is 5.43. The van der Waals surface area contributed by atoms with Crippen molar-refractivity contribution in [3.05, 3.63) is 52.1 Å². The highest BCUT2D eigenvalue weighted by Crippen LogP contribution is 2.44. The zero-order chi connectivity index (χ0) is 11.1. The Labute approximate surface area is 94.3 Å². The zero-order valence-electron chi connectivity index (χ0n) is 9.72. The number of nitro benzene ring substituents is 1. The SMILES string of the molecule is O=[N+]([O-])c1ccc(C2CC2)c2ccccc12.[H+]. The Morgan fingerprint density at radius 3 is 2.44 bits per heavy atom. The minimum atomic E-state index is -0.307. The summed E-state index contributed by atoms with van der Waals surface area (Å²) in [5.74, 6) is 0.616. The molecular weight excluding hydrogens is 202 g/mol. The van der Waals surface area contributed by atoms with Crippen molar-refractivity contribution < 1.29 is 6.35 Å². The van der Waals surface area contributed by atoms with Gasteiger partial charge in [-0.25, -0.2) is 0 Å². The van der Waals surface area contributed by atoms with Gasteiger partial charge in [0.05, 0.1) is 10.3 Å². The molecule has 2 aromatic rings. The van der Waals surface area contributed by atoms with Crippen LogP contribution in [0.15, 0.2) is 36.4 Å². The summed E-state index contributed by atoms with van der Waals surface area (Å²) in [5.41, 5.74) is 1.47. The molecule has 1 aliphatic rings. The summed E-state index contributed by atoms with van der Waals surface area (Å²) >= 11 is 0. The molecule has 0 heterocycles. The van der Waals surface area contributed by atoms with Crippen molar-refractivity contribution in [3.63, 3.8) is 0 Å². The molecule has 0 atom stereocenters. The van der Waals surface area contributed by atoms with Gasteiger partial charge in [-0.15, -0.1) is 0 Å². The van der Waals surface area contributed by atoms with Gasteiger partial charge >= 0.3 is 1.43 Å². The fraction of sp³-hybridized carbons (Fsp3) is 0.231. The molecule has 0 bridgehead atoms. The first-order chi connectivity index (χ1) is 7.77. The Morgan fingerprint density at radius 2 is 1.81 bits per heavy atom. The van der Waals surface area contributed by atoms with E-state index in [0.29, 0.717) is 5.92 Å². The summed E-state index contributed by atoms with van der Waals surface area (Å²) in [6.07, 6.45) is 2.42. The molecular formula is C13H12NO2+. The molecule has 1 fully saturated rings. The third-order valence-corrected chi connectivity index (χ3v) is 3.15. The lowest BCUT2D eigenvalue weighted by atomic mass is 10.00. The molecule has 0 aliphatic heterocycles. The molecule has 0 spiro atoms. The average molecular weight is 214 g/mol. The Bertz CT molecular complexity index is 579. The molecule has 0 unspecified atom stereocenters. The van der Waals surface area contributed by atoms with Crippen LogP contribution >= 0.6 is 0 Å². The first-order valence-corrected chi connectivity index (χ1v) is 5.43. The van der Waals surface area contributed by atoms with E-state index in [1.807, 2.05) is 30.3 Å². The molecule has 16 heavy (non-hydrogen) atoms. The maximum Gasteiger partial charge on any atom is 1.00 e. The monoisotopic (exact) mass is 214 g/mol. The van der Waals surface area contributed by atoms with E-state index >= 15 is 0 Å². The highest BCUT2D eigenvalue weighted by atomic mass is 16.6. The van der Waals surface area contributed by atoms with E-state index in [-0.39, 0.29) is 12.0 Å². The van der Waals surface area contributed by atoms with Gasteiger partial charge in [0.2, 0.25) is 0 Å². The number of hydrogen-bond donors (Lipinski definition) is 0. The molecule has 80 valence electrons. The van der Waals surface area contributed by atoms with E-state index in [4.69, 9.17) is 0 Å². The van der Waals surface area contributed by atoms with Crippen LogP contribution in [0, 0.1) is 10.1 Å². The normalized spacial score (nSPS) is 15.2. The van der Waals surface area contributed by atoms with Gasteiger partial charge in [0, 0.05) is 6.07 Å². The van der Waals surface area contributed by atoms with Gasteiger partial charge in [0.1, 0.15) is 0 Å². The third kappa shape index (κ3) is 1.36. The summed E-state index contributed by atoms with van der Waals surface area (Å²) in [5, 5.41) is 12.7. The predicted octanol–water partition coefficient (Wildman–Crippen LogP) is 3.74. The number of hydrogen-bond acceptors (Lipinski definition) is 2. The number of benzene rings is 2. The minimum Gasteiger partial charge on any atom is -0.258 e. The van der Waals surface area contributed by atoms with Gasteiger partial charge in [-0.05, 0) is 35.8 Å². The van der Waals surface area contributed by atoms with E-state index in [1.54, 1.807) is 6.07 Å². The molecule has 3 heteroatoms. The molecule has 1 saturated carbocycles. The largest absolute Gasteiger partial charge is 1.00 e. The Morgan fingerprint density at radius 1 is 1.12 bits per heavy atom. The fourth-order valence-corrected chi connectivity index (χ4v) is 2.22. The van der Waals surface area contributed by atoms with Crippen molar-refractivity contribution in [2.24, 2.45) is 0 Å². The number of nitro groups is 1. The second-order valence-electron chi connectivity index (χ2n) is 4.25. The van der Waals surface area contributed by atoms with Gasteiger partial charge < -0.3 is 0 Å². The Kier molecular flexibility index (Phi) is 1.93. The molecule has 0 N–H and O–H groups in total. The third-order valence-electron chi connectivity index (χ3n) is 3.15. The lowest BCUT2D eigenvalue weighted by Crippen LogP contribution is -1.91. The minimum absolute atomic E-state index is 0. The molecule has 0 aromatic heterocycles. The maximum absolute atomic E-state index is 10.9. The molecule has 0 radical (unpaired) electrons. The van der Waals surface area contributed by atoms with Crippen LogP contribution in [0.3, 0.4) is 0 Å². The first kappa shape index (κ1) is 9.33. The number of non-ortho nitro benzene ring substituents is 1. The summed E-state index contributed by atoms with van der Waals surface area (Å²) < 4.78 is 0. The van der Waals surface area contributed by atoms with E-state index < -0.39 is 0 Å². The van der Waals surface area contributed by atoms with Gasteiger partial charge in [-0.2, -0.15) is 0 Å². The van der Waals surface area contributed by atoms with Crippen LogP contribution < -0.4 is 0 Å². The van der Waals surface area contributed by atoms with Crippen molar-refractivity contribution in [1.29, 1.82) is 0 Å². The average Bonchev–Trinajstić information content (AvgIpc) is 3.11. The molecule has 1 aliphatic carbocycles. The second-order valence-corrected chi connectivity index (χ2v) is 4.25. The molecule has 2 aromatic carbocycles. The van der Waals surface area contributed by atoms with Crippen molar-refractivity contribution in [1.82, 2.24) is 0 Å². The number of fused-ring (bicyclic) bond motifs is 1. The highest BCUT2D eigenvalue weighted by molar-refractivity contribution is 5.93. The second kappa shape index (κ2) is 3.30. The quantitative estimate of drug-likeness (QED) is 0.564. The van der Waals surface area contributed by atoms with E-state index in [2.05, 4.69) is 0 Å². The zero-order valence-corrected chi connectivity index (χ0v) is 8.72. The van der Waals surface area contributed by atoms with E-state index in [9.17, 15) is 10.1 Å². The van der Waals surface area contributed by atoms with Crippen LogP contribution in [0.1, 0.15) is 25.7 Å². The maximum atomic E-state index is 10.9.